The first-order valence-electron chi connectivity index (χ1n) is 5.48. The number of benzene rings is 1. The lowest BCUT2D eigenvalue weighted by Crippen LogP contribution is -2.01. The van der Waals surface area contributed by atoms with Crippen molar-refractivity contribution in [1.29, 1.82) is 0 Å². The van der Waals surface area contributed by atoms with Crippen molar-refractivity contribution in [1.82, 2.24) is 9.78 Å². The Kier molecular flexibility index (Phi) is 3.45. The minimum absolute atomic E-state index is 0.113. The minimum atomic E-state index is -2.82. The summed E-state index contributed by atoms with van der Waals surface area (Å²) in [6.45, 7) is -0.146. The number of ether oxygens (including phenoxy) is 1. The summed E-state index contributed by atoms with van der Waals surface area (Å²) in [6, 6.07) is 6.23. The third kappa shape index (κ3) is 2.58. The third-order valence-corrected chi connectivity index (χ3v) is 2.47. The molecule has 0 fully saturated rings. The van der Waals surface area contributed by atoms with Crippen LogP contribution in [0.15, 0.2) is 30.5 Å². The highest BCUT2D eigenvalue weighted by Gasteiger charge is 2.09. The number of aryl methyl sites for hydroxylation is 1. The maximum absolute atomic E-state index is 12.0. The van der Waals surface area contributed by atoms with E-state index in [2.05, 4.69) is 9.84 Å². The van der Waals surface area contributed by atoms with Crippen LogP contribution in [0.5, 0.6) is 5.75 Å². The van der Waals surface area contributed by atoms with Crippen molar-refractivity contribution in [3.05, 3.63) is 30.5 Å². The fourth-order valence-electron chi connectivity index (χ4n) is 1.62. The van der Waals surface area contributed by atoms with Crippen LogP contribution in [-0.4, -0.2) is 16.4 Å². The van der Waals surface area contributed by atoms with Crippen LogP contribution in [0.2, 0.25) is 0 Å². The largest absolute Gasteiger partial charge is 0.435 e. The molecule has 2 aromatic rings. The number of anilines is 1. The Balaban J connectivity index is 2.25. The van der Waals surface area contributed by atoms with E-state index in [-0.39, 0.29) is 5.75 Å². The van der Waals surface area contributed by atoms with E-state index in [0.717, 1.165) is 12.1 Å². The maximum Gasteiger partial charge on any atom is 0.387 e. The van der Waals surface area contributed by atoms with Crippen molar-refractivity contribution in [2.45, 2.75) is 20.1 Å². The fraction of sp³-hybridized carbons (Fsp3) is 0.250. The van der Waals surface area contributed by atoms with Crippen molar-refractivity contribution >= 4 is 5.69 Å². The van der Waals surface area contributed by atoms with Crippen molar-refractivity contribution in [3.63, 3.8) is 0 Å². The SMILES string of the molecule is CCn1cc(N)c(-c2ccc(OC(F)F)cc2)n1. The molecule has 2 rings (SSSR count). The number of nitrogen functional groups attached to an aromatic ring is 1. The molecule has 0 spiro atoms. The highest BCUT2D eigenvalue weighted by Crippen LogP contribution is 2.26. The molecule has 6 heteroatoms. The molecule has 0 bridgehead atoms. The molecule has 4 nitrogen and oxygen atoms in total. The van der Waals surface area contributed by atoms with Gasteiger partial charge < -0.3 is 10.5 Å². The van der Waals surface area contributed by atoms with Gasteiger partial charge in [0.05, 0.1) is 5.69 Å². The summed E-state index contributed by atoms with van der Waals surface area (Å²) in [5.74, 6) is 0.113. The predicted octanol–water partition coefficient (Wildman–Crippen LogP) is 2.75. The second kappa shape index (κ2) is 5.03. The van der Waals surface area contributed by atoms with E-state index in [1.54, 1.807) is 23.0 Å². The number of hydrogen-bond acceptors (Lipinski definition) is 3. The molecule has 0 radical (unpaired) electrons. The van der Waals surface area contributed by atoms with Gasteiger partial charge in [0.2, 0.25) is 0 Å². The Hall–Kier alpha value is -2.11. The fourth-order valence-corrected chi connectivity index (χ4v) is 1.62. The third-order valence-electron chi connectivity index (χ3n) is 2.47. The molecule has 0 amide bonds. The van der Waals surface area contributed by atoms with E-state index in [1.165, 1.54) is 12.1 Å². The number of hydrogen-bond donors (Lipinski definition) is 1. The number of aromatic nitrogens is 2. The molecule has 1 aromatic carbocycles. The molecule has 0 atom stereocenters. The van der Waals surface area contributed by atoms with Crippen LogP contribution >= 0.6 is 0 Å². The topological polar surface area (TPSA) is 53.1 Å². The molecule has 2 N–H and O–H groups in total. The van der Waals surface area contributed by atoms with Gasteiger partial charge in [-0.3, -0.25) is 4.68 Å². The number of nitrogens with zero attached hydrogens (tertiary/aromatic N) is 2. The van der Waals surface area contributed by atoms with Crippen LogP contribution in [0.3, 0.4) is 0 Å². The Labute approximate surface area is 103 Å². The first-order valence-corrected chi connectivity index (χ1v) is 5.48. The van der Waals surface area contributed by atoms with Crippen LogP contribution in [0, 0.1) is 0 Å². The molecular weight excluding hydrogens is 240 g/mol. The second-order valence-electron chi connectivity index (χ2n) is 3.69. The molecule has 1 heterocycles. The molecule has 18 heavy (non-hydrogen) atoms. The average molecular weight is 253 g/mol. The maximum atomic E-state index is 12.0. The van der Waals surface area contributed by atoms with E-state index in [0.29, 0.717) is 11.4 Å². The summed E-state index contributed by atoms with van der Waals surface area (Å²) in [7, 11) is 0. The van der Waals surface area contributed by atoms with Crippen molar-refractivity contribution in [3.8, 4) is 17.0 Å². The lowest BCUT2D eigenvalue weighted by molar-refractivity contribution is -0.0498. The van der Waals surface area contributed by atoms with Crippen LogP contribution in [0.1, 0.15) is 6.92 Å². The summed E-state index contributed by atoms with van der Waals surface area (Å²) < 4.78 is 30.0. The van der Waals surface area contributed by atoms with Gasteiger partial charge in [0, 0.05) is 18.3 Å². The lowest BCUT2D eigenvalue weighted by atomic mass is 10.1. The summed E-state index contributed by atoms with van der Waals surface area (Å²) in [4.78, 5) is 0. The first-order chi connectivity index (χ1) is 8.60. The van der Waals surface area contributed by atoms with Crippen molar-refractivity contribution in [2.75, 3.05) is 5.73 Å². The Morgan fingerprint density at radius 1 is 1.33 bits per heavy atom. The summed E-state index contributed by atoms with van der Waals surface area (Å²) >= 11 is 0. The molecule has 0 aliphatic rings. The van der Waals surface area contributed by atoms with Gasteiger partial charge in [-0.05, 0) is 31.2 Å². The predicted molar refractivity (Wildman–Crippen MR) is 64.4 cm³/mol. The first kappa shape index (κ1) is 12.3. The zero-order valence-electron chi connectivity index (χ0n) is 9.81. The number of nitrogens with two attached hydrogens (primary N) is 1. The van der Waals surface area contributed by atoms with Gasteiger partial charge in [-0.2, -0.15) is 13.9 Å². The Morgan fingerprint density at radius 2 is 2.00 bits per heavy atom. The second-order valence-corrected chi connectivity index (χ2v) is 3.69. The van der Waals surface area contributed by atoms with Crippen LogP contribution < -0.4 is 10.5 Å². The summed E-state index contributed by atoms with van der Waals surface area (Å²) in [6.07, 6.45) is 1.74. The lowest BCUT2D eigenvalue weighted by Gasteiger charge is -2.04. The monoisotopic (exact) mass is 253 g/mol. The minimum Gasteiger partial charge on any atom is -0.435 e. The van der Waals surface area contributed by atoms with Crippen LogP contribution in [0.25, 0.3) is 11.3 Å². The highest BCUT2D eigenvalue weighted by molar-refractivity contribution is 5.72. The van der Waals surface area contributed by atoms with Gasteiger partial charge in [0.1, 0.15) is 11.4 Å². The van der Waals surface area contributed by atoms with E-state index in [9.17, 15) is 8.78 Å². The van der Waals surface area contributed by atoms with E-state index >= 15 is 0 Å². The number of alkyl halides is 2. The Bertz CT molecular complexity index is 523. The zero-order chi connectivity index (χ0) is 13.1. The number of rotatable bonds is 4. The Morgan fingerprint density at radius 3 is 2.50 bits per heavy atom. The molecule has 1 aromatic heterocycles. The van der Waals surface area contributed by atoms with Crippen molar-refractivity contribution in [2.24, 2.45) is 0 Å². The van der Waals surface area contributed by atoms with Gasteiger partial charge in [-0.25, -0.2) is 0 Å². The van der Waals surface area contributed by atoms with E-state index in [4.69, 9.17) is 5.73 Å². The van der Waals surface area contributed by atoms with E-state index in [1.807, 2.05) is 6.92 Å². The molecule has 0 unspecified atom stereocenters. The smallest absolute Gasteiger partial charge is 0.387 e. The van der Waals surface area contributed by atoms with Gasteiger partial charge in [-0.1, -0.05) is 0 Å². The van der Waals surface area contributed by atoms with Crippen LogP contribution in [0.4, 0.5) is 14.5 Å². The van der Waals surface area contributed by atoms with Gasteiger partial charge in [0.15, 0.2) is 0 Å². The summed E-state index contributed by atoms with van der Waals surface area (Å²) in [5.41, 5.74) is 7.79. The zero-order valence-corrected chi connectivity index (χ0v) is 9.81. The van der Waals surface area contributed by atoms with Gasteiger partial charge in [0.25, 0.3) is 0 Å². The number of halogens is 2. The van der Waals surface area contributed by atoms with E-state index < -0.39 is 6.61 Å². The molecule has 96 valence electrons. The summed E-state index contributed by atoms with van der Waals surface area (Å²) in [5, 5.41) is 4.29. The normalized spacial score (nSPS) is 10.9. The van der Waals surface area contributed by atoms with Gasteiger partial charge in [-0.15, -0.1) is 0 Å². The van der Waals surface area contributed by atoms with Gasteiger partial charge >= 0.3 is 6.61 Å². The average Bonchev–Trinajstić information content (AvgIpc) is 2.71. The quantitative estimate of drug-likeness (QED) is 0.911. The highest BCUT2D eigenvalue weighted by atomic mass is 19.3. The molecule has 0 saturated carbocycles. The molecule has 0 aliphatic heterocycles. The molecular formula is C12H13F2N3O. The standard InChI is InChI=1S/C12H13F2N3O/c1-2-17-7-10(15)11(16-17)8-3-5-9(6-4-8)18-12(13)14/h3-7,12H,2,15H2,1H3. The molecule has 0 aliphatic carbocycles. The van der Waals surface area contributed by atoms with Crippen molar-refractivity contribution < 1.29 is 13.5 Å². The van der Waals surface area contributed by atoms with Crippen LogP contribution in [-0.2, 0) is 6.54 Å². The molecule has 0 saturated heterocycles.